The van der Waals surface area contributed by atoms with Gasteiger partial charge in [0, 0.05) is 13.0 Å². The maximum Gasteiger partial charge on any atom is 0.226 e. The number of hydrogen-bond donors (Lipinski definition) is 1. The van der Waals surface area contributed by atoms with Crippen LogP contribution in [0.25, 0.3) is 0 Å². The van der Waals surface area contributed by atoms with Gasteiger partial charge in [0.15, 0.2) is 0 Å². The van der Waals surface area contributed by atoms with E-state index in [2.05, 4.69) is 0 Å². The van der Waals surface area contributed by atoms with Crippen LogP contribution in [0.15, 0.2) is 30.3 Å². The van der Waals surface area contributed by atoms with Crippen LogP contribution in [0.1, 0.15) is 37.4 Å². The predicted molar refractivity (Wildman–Crippen MR) is 73.4 cm³/mol. The fraction of sp³-hybridized carbons (Fsp3) is 0.562. The molecule has 3 rings (SSSR count). The lowest BCUT2D eigenvalue weighted by Gasteiger charge is -2.28. The lowest BCUT2D eigenvalue weighted by Crippen LogP contribution is -2.34. The molecule has 19 heavy (non-hydrogen) atoms. The molecule has 2 aliphatic rings. The average molecular weight is 259 g/mol. The van der Waals surface area contributed by atoms with Gasteiger partial charge in [0.1, 0.15) is 0 Å². The Hall–Kier alpha value is -1.35. The Morgan fingerprint density at radius 3 is 2.63 bits per heavy atom. The van der Waals surface area contributed by atoms with Crippen LogP contribution in [-0.2, 0) is 4.79 Å². The molecule has 1 spiro atoms. The zero-order chi connectivity index (χ0) is 13.5. The van der Waals surface area contributed by atoms with Crippen molar-refractivity contribution in [2.24, 2.45) is 11.3 Å². The molecule has 3 heteroatoms. The largest absolute Gasteiger partial charge is 0.387 e. The Bertz CT molecular complexity index is 467. The molecule has 0 radical (unpaired) electrons. The van der Waals surface area contributed by atoms with E-state index < -0.39 is 6.10 Å². The lowest BCUT2D eigenvalue weighted by atomic mass is 9.79. The molecule has 3 nitrogen and oxygen atoms in total. The van der Waals surface area contributed by atoms with Gasteiger partial charge < -0.3 is 10.0 Å². The van der Waals surface area contributed by atoms with Crippen molar-refractivity contribution in [3.63, 3.8) is 0 Å². The second-order valence-corrected chi connectivity index (χ2v) is 6.12. The van der Waals surface area contributed by atoms with Crippen molar-refractivity contribution in [1.82, 2.24) is 4.90 Å². The second kappa shape index (κ2) is 4.64. The fourth-order valence-corrected chi connectivity index (χ4v) is 3.28. The fourth-order valence-electron chi connectivity index (χ4n) is 3.28. The lowest BCUT2D eigenvalue weighted by molar-refractivity contribution is -0.134. The zero-order valence-corrected chi connectivity index (χ0v) is 11.4. The van der Waals surface area contributed by atoms with Crippen molar-refractivity contribution >= 4 is 5.91 Å². The first kappa shape index (κ1) is 12.7. The normalized spacial score (nSPS) is 24.6. The van der Waals surface area contributed by atoms with Gasteiger partial charge in [-0.1, -0.05) is 36.8 Å². The van der Waals surface area contributed by atoms with E-state index in [0.29, 0.717) is 12.0 Å². The number of amides is 1. The molecule has 0 bridgehead atoms. The summed E-state index contributed by atoms with van der Waals surface area (Å²) >= 11 is 0. The van der Waals surface area contributed by atoms with Gasteiger partial charge in [0.25, 0.3) is 0 Å². The summed E-state index contributed by atoms with van der Waals surface area (Å²) < 4.78 is 0. The summed E-state index contributed by atoms with van der Waals surface area (Å²) in [6, 6.07) is 9.53. The first-order valence-electron chi connectivity index (χ1n) is 7.10. The maximum atomic E-state index is 12.3. The minimum Gasteiger partial charge on any atom is -0.387 e. The summed E-state index contributed by atoms with van der Waals surface area (Å²) in [5.74, 6) is 0.448. The van der Waals surface area contributed by atoms with Crippen LogP contribution in [0.4, 0.5) is 0 Å². The molecule has 2 saturated carbocycles. The highest BCUT2D eigenvalue weighted by Gasteiger charge is 2.61. The van der Waals surface area contributed by atoms with E-state index in [0.717, 1.165) is 12.0 Å². The number of carbonyl (C=O) groups excluding carboxylic acids is 1. The summed E-state index contributed by atoms with van der Waals surface area (Å²) in [6.45, 7) is 0.384. The van der Waals surface area contributed by atoms with Gasteiger partial charge in [-0.15, -0.1) is 0 Å². The summed E-state index contributed by atoms with van der Waals surface area (Å²) in [5, 5.41) is 10.1. The monoisotopic (exact) mass is 259 g/mol. The number of likely N-dealkylation sites (N-methyl/N-ethyl adjacent to an activating group) is 1. The van der Waals surface area contributed by atoms with E-state index in [1.165, 1.54) is 19.3 Å². The molecule has 0 aliphatic heterocycles. The van der Waals surface area contributed by atoms with Gasteiger partial charge >= 0.3 is 0 Å². The van der Waals surface area contributed by atoms with Crippen LogP contribution in [0.2, 0.25) is 0 Å². The average Bonchev–Trinajstić information content (AvgIpc) is 3.14. The standard InChI is InChI=1S/C16H21NO2/c1-17(11-14(18)12-6-3-2-4-7-12)15(19)13-10-16(13)8-5-9-16/h2-4,6-7,13-14,18H,5,8-11H2,1H3. The number of rotatable bonds is 4. The van der Waals surface area contributed by atoms with Crippen molar-refractivity contribution in [3.05, 3.63) is 35.9 Å². The van der Waals surface area contributed by atoms with Gasteiger partial charge in [-0.05, 0) is 30.2 Å². The first-order valence-corrected chi connectivity index (χ1v) is 7.10. The number of carbonyl (C=O) groups is 1. The maximum absolute atomic E-state index is 12.3. The Kier molecular flexibility index (Phi) is 3.09. The SMILES string of the molecule is CN(CC(O)c1ccccc1)C(=O)C1CC12CCC2. The molecule has 2 atom stereocenters. The molecule has 1 amide bonds. The van der Waals surface area contributed by atoms with E-state index in [4.69, 9.17) is 0 Å². The van der Waals surface area contributed by atoms with Gasteiger partial charge in [0.05, 0.1) is 12.6 Å². The summed E-state index contributed by atoms with van der Waals surface area (Å²) in [7, 11) is 1.80. The zero-order valence-electron chi connectivity index (χ0n) is 11.4. The van der Waals surface area contributed by atoms with Gasteiger partial charge in [-0.25, -0.2) is 0 Å². The van der Waals surface area contributed by atoms with Crippen LogP contribution >= 0.6 is 0 Å². The van der Waals surface area contributed by atoms with Crippen molar-refractivity contribution in [1.29, 1.82) is 0 Å². The highest BCUT2D eigenvalue weighted by Crippen LogP contribution is 2.65. The van der Waals surface area contributed by atoms with Crippen LogP contribution < -0.4 is 0 Å². The molecule has 2 unspecified atom stereocenters. The number of benzene rings is 1. The third-order valence-corrected chi connectivity index (χ3v) is 4.84. The molecule has 1 aromatic carbocycles. The van der Waals surface area contributed by atoms with Crippen LogP contribution in [-0.4, -0.2) is 29.5 Å². The molecular weight excluding hydrogens is 238 g/mol. The number of nitrogens with zero attached hydrogens (tertiary/aromatic N) is 1. The van der Waals surface area contributed by atoms with Crippen molar-refractivity contribution in [2.75, 3.05) is 13.6 Å². The summed E-state index contributed by atoms with van der Waals surface area (Å²) in [5.41, 5.74) is 1.24. The Morgan fingerprint density at radius 2 is 2.11 bits per heavy atom. The Balaban J connectivity index is 1.56. The number of aliphatic hydroxyl groups excluding tert-OH is 1. The summed E-state index contributed by atoms with van der Waals surface area (Å²) in [6.07, 6.45) is 4.19. The van der Waals surface area contributed by atoms with E-state index in [-0.39, 0.29) is 11.8 Å². The van der Waals surface area contributed by atoms with E-state index in [1.54, 1.807) is 11.9 Å². The highest BCUT2D eigenvalue weighted by atomic mass is 16.3. The molecule has 1 N–H and O–H groups in total. The number of hydrogen-bond acceptors (Lipinski definition) is 2. The van der Waals surface area contributed by atoms with Crippen molar-refractivity contribution in [2.45, 2.75) is 31.8 Å². The molecule has 1 aromatic rings. The second-order valence-electron chi connectivity index (χ2n) is 6.12. The molecule has 2 fully saturated rings. The van der Waals surface area contributed by atoms with Crippen molar-refractivity contribution in [3.8, 4) is 0 Å². The molecule has 0 saturated heterocycles. The smallest absolute Gasteiger partial charge is 0.226 e. The molecular formula is C16H21NO2. The van der Waals surface area contributed by atoms with Crippen LogP contribution in [0, 0.1) is 11.3 Å². The quantitative estimate of drug-likeness (QED) is 0.901. The predicted octanol–water partition coefficient (Wildman–Crippen LogP) is 2.37. The van der Waals surface area contributed by atoms with E-state index in [9.17, 15) is 9.90 Å². The molecule has 102 valence electrons. The van der Waals surface area contributed by atoms with E-state index >= 15 is 0 Å². The molecule has 2 aliphatic carbocycles. The van der Waals surface area contributed by atoms with Gasteiger partial charge in [-0.3, -0.25) is 4.79 Å². The van der Waals surface area contributed by atoms with E-state index in [1.807, 2.05) is 30.3 Å². The molecule has 0 aromatic heterocycles. The van der Waals surface area contributed by atoms with Crippen molar-refractivity contribution < 1.29 is 9.90 Å². The third kappa shape index (κ3) is 2.27. The molecule has 0 heterocycles. The van der Waals surface area contributed by atoms with Gasteiger partial charge in [-0.2, -0.15) is 0 Å². The topological polar surface area (TPSA) is 40.5 Å². The van der Waals surface area contributed by atoms with Gasteiger partial charge in [0.2, 0.25) is 5.91 Å². The first-order chi connectivity index (χ1) is 9.12. The Labute approximate surface area is 114 Å². The third-order valence-electron chi connectivity index (χ3n) is 4.84. The van der Waals surface area contributed by atoms with Crippen LogP contribution in [0.3, 0.4) is 0 Å². The number of aliphatic hydroxyl groups is 1. The minimum atomic E-state index is -0.591. The highest BCUT2D eigenvalue weighted by molar-refractivity contribution is 5.82. The van der Waals surface area contributed by atoms with Crippen LogP contribution in [0.5, 0.6) is 0 Å². The summed E-state index contributed by atoms with van der Waals surface area (Å²) in [4.78, 5) is 14.0. The minimum absolute atomic E-state index is 0.217. The Morgan fingerprint density at radius 1 is 1.42 bits per heavy atom.